The van der Waals surface area contributed by atoms with Gasteiger partial charge in [-0.25, -0.2) is 4.79 Å². The van der Waals surface area contributed by atoms with Crippen LogP contribution in [0.1, 0.15) is 17.5 Å². The number of aryl methyl sites for hydroxylation is 1. The molecule has 6 nitrogen and oxygen atoms in total. The monoisotopic (exact) mass is 442 g/mol. The van der Waals surface area contributed by atoms with E-state index in [2.05, 4.69) is 21.2 Å². The summed E-state index contributed by atoms with van der Waals surface area (Å²) < 4.78 is 5.93. The lowest BCUT2D eigenvalue weighted by Gasteiger charge is -2.09. The molecule has 0 spiro atoms. The number of halogens is 1. The maximum Gasteiger partial charge on any atom is 0.341 e. The first-order valence-electron chi connectivity index (χ1n) is 8.57. The summed E-state index contributed by atoms with van der Waals surface area (Å²) in [4.78, 5) is 23.0. The lowest BCUT2D eigenvalue weighted by molar-refractivity contribution is -0.139. The lowest BCUT2D eigenvalue weighted by Crippen LogP contribution is -2.25. The second-order valence-corrected chi connectivity index (χ2v) is 6.80. The number of hydrogen-bond donors (Lipinski definition) is 2. The SMILES string of the molecule is N#C/C(=C/c1cc(Br)ccc1OCC(=O)O)C(=O)NCCCc1ccccc1. The molecule has 0 aliphatic rings. The Labute approximate surface area is 171 Å². The molecule has 0 saturated carbocycles. The summed E-state index contributed by atoms with van der Waals surface area (Å²) >= 11 is 3.31. The molecule has 0 bridgehead atoms. The largest absolute Gasteiger partial charge is 0.481 e. The number of nitriles is 1. The quantitative estimate of drug-likeness (QED) is 0.351. The van der Waals surface area contributed by atoms with Gasteiger partial charge in [0.05, 0.1) is 0 Å². The van der Waals surface area contributed by atoms with Crippen LogP contribution in [0.2, 0.25) is 0 Å². The van der Waals surface area contributed by atoms with Crippen molar-refractivity contribution in [2.75, 3.05) is 13.2 Å². The van der Waals surface area contributed by atoms with Gasteiger partial charge >= 0.3 is 5.97 Å². The minimum Gasteiger partial charge on any atom is -0.481 e. The molecule has 7 heteroatoms. The van der Waals surface area contributed by atoms with E-state index in [-0.39, 0.29) is 11.3 Å². The van der Waals surface area contributed by atoms with Gasteiger partial charge in [0.1, 0.15) is 17.4 Å². The molecule has 0 heterocycles. The maximum absolute atomic E-state index is 12.3. The van der Waals surface area contributed by atoms with Gasteiger partial charge in [0, 0.05) is 16.6 Å². The molecular formula is C21H19BrN2O4. The van der Waals surface area contributed by atoms with Crippen LogP contribution >= 0.6 is 15.9 Å². The first-order valence-corrected chi connectivity index (χ1v) is 9.37. The van der Waals surface area contributed by atoms with Crippen molar-refractivity contribution in [3.05, 3.63) is 69.7 Å². The predicted molar refractivity (Wildman–Crippen MR) is 109 cm³/mol. The Bertz CT molecular complexity index is 904. The molecule has 0 aliphatic carbocycles. The summed E-state index contributed by atoms with van der Waals surface area (Å²) in [5.74, 6) is -1.33. The van der Waals surface area contributed by atoms with Crippen molar-refractivity contribution < 1.29 is 19.4 Å². The molecule has 0 fully saturated rings. The van der Waals surface area contributed by atoms with Gasteiger partial charge in [0.25, 0.3) is 5.91 Å². The van der Waals surface area contributed by atoms with Crippen LogP contribution in [-0.4, -0.2) is 30.1 Å². The van der Waals surface area contributed by atoms with Crippen molar-refractivity contribution in [1.82, 2.24) is 5.32 Å². The number of ether oxygens (including phenoxy) is 1. The number of aliphatic carboxylic acids is 1. The van der Waals surface area contributed by atoms with Crippen LogP contribution in [0.5, 0.6) is 5.75 Å². The highest BCUT2D eigenvalue weighted by Crippen LogP contribution is 2.25. The van der Waals surface area contributed by atoms with Crippen LogP contribution in [0.15, 0.2) is 58.6 Å². The highest BCUT2D eigenvalue weighted by Gasteiger charge is 2.12. The zero-order valence-corrected chi connectivity index (χ0v) is 16.6. The minimum absolute atomic E-state index is 0.0852. The summed E-state index contributed by atoms with van der Waals surface area (Å²) in [6.45, 7) is -0.0797. The fraction of sp³-hybridized carbons (Fsp3) is 0.190. The third-order valence-corrected chi connectivity index (χ3v) is 4.25. The molecule has 144 valence electrons. The number of carbonyl (C=O) groups is 2. The van der Waals surface area contributed by atoms with E-state index >= 15 is 0 Å². The molecule has 2 aromatic rings. The molecule has 0 unspecified atom stereocenters. The van der Waals surface area contributed by atoms with Gasteiger partial charge < -0.3 is 15.2 Å². The molecule has 2 rings (SSSR count). The molecule has 1 amide bonds. The van der Waals surface area contributed by atoms with Crippen LogP contribution in [-0.2, 0) is 16.0 Å². The summed E-state index contributed by atoms with van der Waals surface area (Å²) in [5, 5.41) is 20.9. The molecular weight excluding hydrogens is 424 g/mol. The number of carboxylic acid groups (broad SMARTS) is 1. The maximum atomic E-state index is 12.3. The Morgan fingerprint density at radius 3 is 2.64 bits per heavy atom. The van der Waals surface area contributed by atoms with Gasteiger partial charge in [-0.05, 0) is 42.7 Å². The summed E-state index contributed by atoms with van der Waals surface area (Å²) in [5.41, 5.74) is 1.53. The van der Waals surface area contributed by atoms with Gasteiger partial charge in [-0.3, -0.25) is 4.79 Å². The Morgan fingerprint density at radius 2 is 1.96 bits per heavy atom. The zero-order valence-electron chi connectivity index (χ0n) is 15.0. The Kier molecular flexibility index (Phi) is 8.25. The Balaban J connectivity index is 2.02. The molecule has 0 aromatic heterocycles. The van der Waals surface area contributed by atoms with E-state index in [9.17, 15) is 14.9 Å². The molecule has 0 atom stereocenters. The molecule has 0 saturated heterocycles. The molecule has 2 aromatic carbocycles. The van der Waals surface area contributed by atoms with Crippen LogP contribution in [0.25, 0.3) is 6.08 Å². The second-order valence-electron chi connectivity index (χ2n) is 5.88. The fourth-order valence-corrected chi connectivity index (χ4v) is 2.82. The fourth-order valence-electron chi connectivity index (χ4n) is 2.44. The summed E-state index contributed by atoms with van der Waals surface area (Å²) in [6.07, 6.45) is 2.96. The van der Waals surface area contributed by atoms with E-state index in [1.54, 1.807) is 18.2 Å². The number of hydrogen-bond acceptors (Lipinski definition) is 4. The molecule has 28 heavy (non-hydrogen) atoms. The number of nitrogens with zero attached hydrogens (tertiary/aromatic N) is 1. The van der Waals surface area contributed by atoms with Gasteiger partial charge in [-0.1, -0.05) is 46.3 Å². The highest BCUT2D eigenvalue weighted by molar-refractivity contribution is 9.10. The van der Waals surface area contributed by atoms with E-state index in [0.29, 0.717) is 16.6 Å². The number of rotatable bonds is 9. The third-order valence-electron chi connectivity index (χ3n) is 3.76. The van der Waals surface area contributed by atoms with Crippen LogP contribution < -0.4 is 10.1 Å². The zero-order chi connectivity index (χ0) is 20.4. The smallest absolute Gasteiger partial charge is 0.341 e. The van der Waals surface area contributed by atoms with E-state index in [0.717, 1.165) is 12.8 Å². The highest BCUT2D eigenvalue weighted by atomic mass is 79.9. The molecule has 0 aliphatic heterocycles. The number of carboxylic acids is 1. The number of benzene rings is 2. The normalized spacial score (nSPS) is 10.8. The summed E-state index contributed by atoms with van der Waals surface area (Å²) in [7, 11) is 0. The van der Waals surface area contributed by atoms with Gasteiger partial charge in [0.2, 0.25) is 0 Å². The van der Waals surface area contributed by atoms with Gasteiger partial charge in [-0.15, -0.1) is 0 Å². The topological polar surface area (TPSA) is 99.4 Å². The van der Waals surface area contributed by atoms with E-state index < -0.39 is 18.5 Å². The number of nitrogens with one attached hydrogen (secondary N) is 1. The van der Waals surface area contributed by atoms with Crippen molar-refractivity contribution >= 4 is 33.9 Å². The second kappa shape index (κ2) is 10.9. The lowest BCUT2D eigenvalue weighted by atomic mass is 10.1. The first-order chi connectivity index (χ1) is 13.5. The van der Waals surface area contributed by atoms with E-state index in [1.807, 2.05) is 36.4 Å². The summed E-state index contributed by atoms with van der Waals surface area (Å²) in [6, 6.07) is 16.7. The number of amides is 1. The Morgan fingerprint density at radius 1 is 1.21 bits per heavy atom. The van der Waals surface area contributed by atoms with Crippen LogP contribution in [0.3, 0.4) is 0 Å². The van der Waals surface area contributed by atoms with Crippen molar-refractivity contribution in [2.24, 2.45) is 0 Å². The van der Waals surface area contributed by atoms with Crippen LogP contribution in [0.4, 0.5) is 0 Å². The average Bonchev–Trinajstić information content (AvgIpc) is 2.69. The minimum atomic E-state index is -1.12. The number of carbonyl (C=O) groups excluding carboxylic acids is 1. The third kappa shape index (κ3) is 6.89. The standard InChI is InChI=1S/C21H19BrN2O4/c22-18-8-9-19(28-14-20(25)26)16(12-18)11-17(13-23)21(27)24-10-4-7-15-5-2-1-3-6-15/h1-3,5-6,8-9,11-12H,4,7,10,14H2,(H,24,27)(H,25,26)/b17-11-. The van der Waals surface area contributed by atoms with Gasteiger partial charge in [0.15, 0.2) is 6.61 Å². The van der Waals surface area contributed by atoms with Crippen LogP contribution in [0, 0.1) is 11.3 Å². The molecule has 0 radical (unpaired) electrons. The predicted octanol–water partition coefficient (Wildman–Crippen LogP) is 3.57. The molecule has 2 N–H and O–H groups in total. The van der Waals surface area contributed by atoms with Gasteiger partial charge in [-0.2, -0.15) is 5.26 Å². The van der Waals surface area contributed by atoms with Crippen molar-refractivity contribution in [2.45, 2.75) is 12.8 Å². The van der Waals surface area contributed by atoms with E-state index in [4.69, 9.17) is 9.84 Å². The van der Waals surface area contributed by atoms with Crippen molar-refractivity contribution in [1.29, 1.82) is 5.26 Å². The van der Waals surface area contributed by atoms with Crippen molar-refractivity contribution in [3.8, 4) is 11.8 Å². The van der Waals surface area contributed by atoms with E-state index in [1.165, 1.54) is 11.6 Å². The van der Waals surface area contributed by atoms with Crippen molar-refractivity contribution in [3.63, 3.8) is 0 Å². The Hall–Kier alpha value is -3.11. The average molecular weight is 443 g/mol. The first kappa shape index (κ1) is 21.2.